The van der Waals surface area contributed by atoms with Gasteiger partial charge in [0.05, 0.1) is 7.11 Å². The first kappa shape index (κ1) is 11.7. The van der Waals surface area contributed by atoms with Crippen LogP contribution >= 0.6 is 0 Å². The zero-order chi connectivity index (χ0) is 12.3. The van der Waals surface area contributed by atoms with Crippen LogP contribution in [0.3, 0.4) is 0 Å². The highest BCUT2D eigenvalue weighted by atomic mass is 16.5. The molecule has 0 saturated heterocycles. The molecule has 0 atom stereocenters. The SMILES string of the molecule is COc1coc(C(=O)NC2CCCC2)cc1=O. The van der Waals surface area contributed by atoms with Crippen LogP contribution in [0.4, 0.5) is 0 Å². The normalized spacial score (nSPS) is 15.8. The van der Waals surface area contributed by atoms with Crippen LogP contribution in [0, 0.1) is 0 Å². The number of hydrogen-bond acceptors (Lipinski definition) is 4. The lowest BCUT2D eigenvalue weighted by atomic mass is 10.2. The second kappa shape index (κ2) is 5.03. The topological polar surface area (TPSA) is 68.5 Å². The second-order valence-corrected chi connectivity index (χ2v) is 4.13. The number of amides is 1. The number of rotatable bonds is 3. The molecule has 1 N–H and O–H groups in total. The summed E-state index contributed by atoms with van der Waals surface area (Å²) < 4.78 is 9.84. The number of hydrogen-bond donors (Lipinski definition) is 1. The largest absolute Gasteiger partial charge is 0.490 e. The predicted molar refractivity (Wildman–Crippen MR) is 61.3 cm³/mol. The molecule has 0 spiro atoms. The molecule has 1 saturated carbocycles. The molecule has 1 amide bonds. The fourth-order valence-corrected chi connectivity index (χ4v) is 1.99. The fraction of sp³-hybridized carbons (Fsp3) is 0.500. The summed E-state index contributed by atoms with van der Waals surface area (Å²) in [7, 11) is 1.38. The summed E-state index contributed by atoms with van der Waals surface area (Å²) in [5, 5.41) is 2.85. The average molecular weight is 237 g/mol. The van der Waals surface area contributed by atoms with Crippen molar-refractivity contribution >= 4 is 5.91 Å². The molecular weight excluding hydrogens is 222 g/mol. The van der Waals surface area contributed by atoms with Gasteiger partial charge in [-0.25, -0.2) is 0 Å². The summed E-state index contributed by atoms with van der Waals surface area (Å²) in [4.78, 5) is 23.2. The van der Waals surface area contributed by atoms with Crippen molar-refractivity contribution in [1.82, 2.24) is 5.32 Å². The molecule has 0 bridgehead atoms. The van der Waals surface area contributed by atoms with Crippen LogP contribution in [0.15, 0.2) is 21.5 Å². The first-order valence-electron chi connectivity index (χ1n) is 5.68. The smallest absolute Gasteiger partial charge is 0.287 e. The average Bonchev–Trinajstić information content (AvgIpc) is 2.81. The van der Waals surface area contributed by atoms with Gasteiger partial charge in [-0.05, 0) is 12.8 Å². The zero-order valence-electron chi connectivity index (χ0n) is 9.69. The molecule has 1 fully saturated rings. The fourth-order valence-electron chi connectivity index (χ4n) is 1.99. The van der Waals surface area contributed by atoms with E-state index in [1.165, 1.54) is 7.11 Å². The van der Waals surface area contributed by atoms with E-state index in [-0.39, 0.29) is 28.9 Å². The molecule has 1 aromatic heterocycles. The highest BCUT2D eigenvalue weighted by Crippen LogP contribution is 2.18. The highest BCUT2D eigenvalue weighted by molar-refractivity contribution is 5.91. The summed E-state index contributed by atoms with van der Waals surface area (Å²) in [5.41, 5.74) is -0.352. The van der Waals surface area contributed by atoms with Crippen LogP contribution < -0.4 is 15.5 Å². The van der Waals surface area contributed by atoms with E-state index in [4.69, 9.17) is 9.15 Å². The summed E-state index contributed by atoms with van der Waals surface area (Å²) >= 11 is 0. The molecular formula is C12H15NO4. The molecule has 92 valence electrons. The van der Waals surface area contributed by atoms with Crippen LogP contribution in [0.1, 0.15) is 36.2 Å². The Morgan fingerprint density at radius 1 is 1.47 bits per heavy atom. The Labute approximate surface area is 98.8 Å². The summed E-state index contributed by atoms with van der Waals surface area (Å²) in [6.07, 6.45) is 5.42. The molecule has 0 aromatic carbocycles. The van der Waals surface area contributed by atoms with Gasteiger partial charge in [-0.3, -0.25) is 9.59 Å². The van der Waals surface area contributed by atoms with Crippen LogP contribution in [-0.4, -0.2) is 19.1 Å². The third-order valence-electron chi connectivity index (χ3n) is 2.93. The number of nitrogens with one attached hydrogen (secondary N) is 1. The lowest BCUT2D eigenvalue weighted by molar-refractivity contribution is 0.0906. The Balaban J connectivity index is 2.08. The van der Waals surface area contributed by atoms with E-state index in [0.717, 1.165) is 38.0 Å². The van der Waals surface area contributed by atoms with Crippen LogP contribution in [0.2, 0.25) is 0 Å². The maximum absolute atomic E-state index is 11.8. The van der Waals surface area contributed by atoms with Gasteiger partial charge in [0.15, 0.2) is 5.76 Å². The molecule has 5 nitrogen and oxygen atoms in total. The molecule has 1 aromatic rings. The van der Waals surface area contributed by atoms with Gasteiger partial charge in [0.2, 0.25) is 11.2 Å². The van der Waals surface area contributed by atoms with Crippen molar-refractivity contribution in [3.8, 4) is 5.75 Å². The van der Waals surface area contributed by atoms with Crippen LogP contribution in [0.5, 0.6) is 5.75 Å². The Bertz CT molecular complexity index is 460. The first-order chi connectivity index (χ1) is 8.20. The molecule has 0 unspecified atom stereocenters. The van der Waals surface area contributed by atoms with Crippen molar-refractivity contribution in [2.75, 3.05) is 7.11 Å². The molecule has 1 heterocycles. The van der Waals surface area contributed by atoms with Crippen LogP contribution in [0.25, 0.3) is 0 Å². The maximum atomic E-state index is 11.8. The Morgan fingerprint density at radius 3 is 2.76 bits per heavy atom. The van der Waals surface area contributed by atoms with Crippen molar-refractivity contribution in [2.45, 2.75) is 31.7 Å². The Morgan fingerprint density at radius 2 is 2.18 bits per heavy atom. The Kier molecular flexibility index (Phi) is 3.46. The molecule has 17 heavy (non-hydrogen) atoms. The molecule has 1 aliphatic carbocycles. The predicted octanol–water partition coefficient (Wildman–Crippen LogP) is 1.32. The third kappa shape index (κ3) is 2.67. The second-order valence-electron chi connectivity index (χ2n) is 4.13. The maximum Gasteiger partial charge on any atom is 0.287 e. The van der Waals surface area contributed by atoms with Crippen LogP contribution in [-0.2, 0) is 0 Å². The summed E-state index contributed by atoms with van der Waals surface area (Å²) in [5.74, 6) is -0.207. The van der Waals surface area contributed by atoms with E-state index >= 15 is 0 Å². The minimum Gasteiger partial charge on any atom is -0.490 e. The number of ether oxygens (including phenoxy) is 1. The van der Waals surface area contributed by atoms with E-state index in [0.29, 0.717) is 0 Å². The van der Waals surface area contributed by atoms with E-state index in [2.05, 4.69) is 5.32 Å². The van der Waals surface area contributed by atoms with Gasteiger partial charge in [0, 0.05) is 12.1 Å². The number of methoxy groups -OCH3 is 1. The monoisotopic (exact) mass is 237 g/mol. The van der Waals surface area contributed by atoms with Gasteiger partial charge in [-0.2, -0.15) is 0 Å². The highest BCUT2D eigenvalue weighted by Gasteiger charge is 2.19. The van der Waals surface area contributed by atoms with Crippen molar-refractivity contribution in [1.29, 1.82) is 0 Å². The van der Waals surface area contributed by atoms with Crippen molar-refractivity contribution in [2.24, 2.45) is 0 Å². The summed E-state index contributed by atoms with van der Waals surface area (Å²) in [6.45, 7) is 0. The summed E-state index contributed by atoms with van der Waals surface area (Å²) in [6, 6.07) is 1.36. The van der Waals surface area contributed by atoms with Gasteiger partial charge in [-0.15, -0.1) is 0 Å². The lowest BCUT2D eigenvalue weighted by Gasteiger charge is -2.10. The van der Waals surface area contributed by atoms with E-state index in [1.54, 1.807) is 0 Å². The third-order valence-corrected chi connectivity index (χ3v) is 2.93. The van der Waals surface area contributed by atoms with E-state index < -0.39 is 0 Å². The van der Waals surface area contributed by atoms with Gasteiger partial charge >= 0.3 is 0 Å². The van der Waals surface area contributed by atoms with Crippen molar-refractivity contribution < 1.29 is 13.9 Å². The quantitative estimate of drug-likeness (QED) is 0.860. The standard InChI is InChI=1S/C12H15NO4/c1-16-11-7-17-10(6-9(11)14)12(15)13-8-4-2-3-5-8/h6-8H,2-5H2,1H3,(H,13,15). The zero-order valence-corrected chi connectivity index (χ0v) is 9.69. The minimum atomic E-state index is -0.352. The number of carbonyl (C=O) groups excluding carboxylic acids is 1. The lowest BCUT2D eigenvalue weighted by Crippen LogP contribution is -2.33. The van der Waals surface area contributed by atoms with Crippen molar-refractivity contribution in [3.05, 3.63) is 28.3 Å². The van der Waals surface area contributed by atoms with Crippen molar-refractivity contribution in [3.63, 3.8) is 0 Å². The van der Waals surface area contributed by atoms with Gasteiger partial charge in [0.25, 0.3) is 5.91 Å². The molecule has 0 radical (unpaired) electrons. The Hall–Kier alpha value is -1.78. The molecule has 0 aliphatic heterocycles. The first-order valence-corrected chi connectivity index (χ1v) is 5.68. The van der Waals surface area contributed by atoms with Gasteiger partial charge in [-0.1, -0.05) is 12.8 Å². The minimum absolute atomic E-state index is 0.0303. The van der Waals surface area contributed by atoms with Gasteiger partial charge < -0.3 is 14.5 Å². The van der Waals surface area contributed by atoms with E-state index in [1.807, 2.05) is 0 Å². The van der Waals surface area contributed by atoms with E-state index in [9.17, 15) is 9.59 Å². The number of carbonyl (C=O) groups is 1. The molecule has 5 heteroatoms. The molecule has 1 aliphatic rings. The molecule has 2 rings (SSSR count). The van der Waals surface area contributed by atoms with Gasteiger partial charge in [0.1, 0.15) is 6.26 Å².